The van der Waals surface area contributed by atoms with Crippen molar-refractivity contribution in [2.75, 3.05) is 10.6 Å². The number of carbonyl (C=O) groups excluding carboxylic acids is 3. The summed E-state index contributed by atoms with van der Waals surface area (Å²) >= 11 is 1.30. The number of hydrogen-bond acceptors (Lipinski definition) is 7. The van der Waals surface area contributed by atoms with Crippen LogP contribution in [0.25, 0.3) is 0 Å². The first kappa shape index (κ1) is 18.0. The van der Waals surface area contributed by atoms with Crippen molar-refractivity contribution < 1.29 is 23.6 Å². The third-order valence-electron chi connectivity index (χ3n) is 3.62. The molecule has 0 radical (unpaired) electrons. The zero-order chi connectivity index (χ0) is 18.7. The number of carbonyl (C=O) groups is 3. The molecule has 0 saturated carbocycles. The van der Waals surface area contributed by atoms with Crippen LogP contribution in [0.1, 0.15) is 19.1 Å². The first-order valence-electron chi connectivity index (χ1n) is 7.92. The molecule has 2 atom stereocenters. The SMILES string of the molecule is Cc1cc(NC(=O)C(C)OC(=O)CC2Sc3ccccc3NC2=O)no1. The van der Waals surface area contributed by atoms with Gasteiger partial charge in [-0.1, -0.05) is 17.3 Å². The lowest BCUT2D eigenvalue weighted by atomic mass is 10.2. The summed E-state index contributed by atoms with van der Waals surface area (Å²) in [5, 5.41) is 8.28. The Bertz CT molecular complexity index is 850. The van der Waals surface area contributed by atoms with Crippen molar-refractivity contribution in [3.05, 3.63) is 36.1 Å². The second-order valence-electron chi connectivity index (χ2n) is 5.74. The van der Waals surface area contributed by atoms with E-state index in [1.807, 2.05) is 18.2 Å². The van der Waals surface area contributed by atoms with Gasteiger partial charge >= 0.3 is 5.97 Å². The number of thioether (sulfide) groups is 1. The van der Waals surface area contributed by atoms with Crippen LogP contribution >= 0.6 is 11.8 Å². The number of hydrogen-bond donors (Lipinski definition) is 2. The molecule has 2 aromatic rings. The molecule has 2 heterocycles. The van der Waals surface area contributed by atoms with Gasteiger partial charge in [0.15, 0.2) is 11.9 Å². The van der Waals surface area contributed by atoms with Crippen molar-refractivity contribution in [1.29, 1.82) is 0 Å². The van der Waals surface area contributed by atoms with E-state index < -0.39 is 23.2 Å². The van der Waals surface area contributed by atoms with Crippen LogP contribution in [0.4, 0.5) is 11.5 Å². The molecule has 1 aliphatic heterocycles. The van der Waals surface area contributed by atoms with Crippen LogP contribution < -0.4 is 10.6 Å². The number of benzene rings is 1. The highest BCUT2D eigenvalue weighted by Crippen LogP contribution is 2.36. The molecule has 0 aliphatic carbocycles. The van der Waals surface area contributed by atoms with Crippen molar-refractivity contribution in [2.45, 2.75) is 36.5 Å². The molecule has 26 heavy (non-hydrogen) atoms. The third kappa shape index (κ3) is 4.23. The van der Waals surface area contributed by atoms with Gasteiger partial charge in [0.25, 0.3) is 5.91 Å². The predicted octanol–water partition coefficient (Wildman–Crippen LogP) is 2.36. The Morgan fingerprint density at radius 2 is 2.19 bits per heavy atom. The van der Waals surface area contributed by atoms with E-state index in [0.717, 1.165) is 10.6 Å². The summed E-state index contributed by atoms with van der Waals surface area (Å²) in [5.74, 6) is -0.630. The van der Waals surface area contributed by atoms with E-state index in [-0.39, 0.29) is 18.1 Å². The summed E-state index contributed by atoms with van der Waals surface area (Å²) in [4.78, 5) is 37.1. The summed E-state index contributed by atoms with van der Waals surface area (Å²) in [6.07, 6.45) is -1.16. The van der Waals surface area contributed by atoms with E-state index in [2.05, 4.69) is 15.8 Å². The molecule has 1 aromatic carbocycles. The molecular formula is C17H17N3O5S. The van der Waals surface area contributed by atoms with Gasteiger partial charge in [0.05, 0.1) is 17.4 Å². The first-order valence-corrected chi connectivity index (χ1v) is 8.80. The molecular weight excluding hydrogens is 358 g/mol. The lowest BCUT2D eigenvalue weighted by molar-refractivity contribution is -0.153. The zero-order valence-corrected chi connectivity index (χ0v) is 15.0. The molecule has 0 saturated heterocycles. The van der Waals surface area contributed by atoms with E-state index in [0.29, 0.717) is 5.76 Å². The van der Waals surface area contributed by atoms with Gasteiger partial charge < -0.3 is 19.9 Å². The van der Waals surface area contributed by atoms with Crippen LogP contribution in [-0.2, 0) is 19.1 Å². The van der Waals surface area contributed by atoms with Crippen LogP contribution in [0, 0.1) is 6.92 Å². The molecule has 2 amide bonds. The number of esters is 1. The van der Waals surface area contributed by atoms with Crippen molar-refractivity contribution in [3.8, 4) is 0 Å². The highest BCUT2D eigenvalue weighted by Gasteiger charge is 2.30. The fourth-order valence-corrected chi connectivity index (χ4v) is 3.43. The first-order chi connectivity index (χ1) is 12.4. The van der Waals surface area contributed by atoms with Gasteiger partial charge in [-0.2, -0.15) is 0 Å². The van der Waals surface area contributed by atoms with Crippen molar-refractivity contribution >= 4 is 41.1 Å². The van der Waals surface area contributed by atoms with Gasteiger partial charge in [-0.05, 0) is 26.0 Å². The second-order valence-corrected chi connectivity index (χ2v) is 6.98. The average Bonchev–Trinajstić information content (AvgIpc) is 3.00. The van der Waals surface area contributed by atoms with Crippen LogP contribution in [0.15, 0.2) is 39.8 Å². The molecule has 136 valence electrons. The van der Waals surface area contributed by atoms with Crippen LogP contribution in [-0.4, -0.2) is 34.3 Å². The quantitative estimate of drug-likeness (QED) is 0.772. The number of amides is 2. The molecule has 9 heteroatoms. The van der Waals surface area contributed by atoms with E-state index in [1.54, 1.807) is 19.1 Å². The fraction of sp³-hybridized carbons (Fsp3) is 0.294. The Kier molecular flexibility index (Phi) is 5.27. The minimum atomic E-state index is -1.02. The third-order valence-corrected chi connectivity index (χ3v) is 4.89. The molecule has 0 spiro atoms. The fourth-order valence-electron chi connectivity index (χ4n) is 2.33. The van der Waals surface area contributed by atoms with E-state index >= 15 is 0 Å². The van der Waals surface area contributed by atoms with Gasteiger partial charge in [0.2, 0.25) is 5.91 Å². The molecule has 8 nitrogen and oxygen atoms in total. The van der Waals surface area contributed by atoms with Gasteiger partial charge in [-0.3, -0.25) is 14.4 Å². The molecule has 2 N–H and O–H groups in total. The summed E-state index contributed by atoms with van der Waals surface area (Å²) in [5.41, 5.74) is 0.725. The van der Waals surface area contributed by atoms with Crippen molar-refractivity contribution in [2.24, 2.45) is 0 Å². The molecule has 1 aliphatic rings. The highest BCUT2D eigenvalue weighted by atomic mass is 32.2. The number of anilines is 2. The van der Waals surface area contributed by atoms with Crippen LogP contribution in [0.5, 0.6) is 0 Å². The molecule has 1 aromatic heterocycles. The summed E-state index contributed by atoms with van der Waals surface area (Å²) < 4.78 is 9.98. The molecule has 0 bridgehead atoms. The topological polar surface area (TPSA) is 111 Å². The van der Waals surface area contributed by atoms with Crippen molar-refractivity contribution in [3.63, 3.8) is 0 Å². The van der Waals surface area contributed by atoms with Gasteiger partial charge in [0.1, 0.15) is 5.76 Å². The minimum absolute atomic E-state index is 0.133. The van der Waals surface area contributed by atoms with E-state index in [1.165, 1.54) is 18.7 Å². The molecule has 3 rings (SSSR count). The maximum absolute atomic E-state index is 12.1. The van der Waals surface area contributed by atoms with Crippen molar-refractivity contribution in [1.82, 2.24) is 5.16 Å². The Hall–Kier alpha value is -2.81. The molecule has 2 unspecified atom stereocenters. The zero-order valence-electron chi connectivity index (χ0n) is 14.1. The highest BCUT2D eigenvalue weighted by molar-refractivity contribution is 8.01. The minimum Gasteiger partial charge on any atom is -0.452 e. The summed E-state index contributed by atoms with van der Waals surface area (Å²) in [7, 11) is 0. The Morgan fingerprint density at radius 1 is 1.42 bits per heavy atom. The smallest absolute Gasteiger partial charge is 0.308 e. The van der Waals surface area contributed by atoms with E-state index in [9.17, 15) is 14.4 Å². The normalized spacial score (nSPS) is 17.0. The van der Waals surface area contributed by atoms with Gasteiger partial charge in [-0.25, -0.2) is 0 Å². The summed E-state index contributed by atoms with van der Waals surface area (Å²) in [6.45, 7) is 3.14. The van der Waals surface area contributed by atoms with Gasteiger partial charge in [0, 0.05) is 11.0 Å². The van der Waals surface area contributed by atoms with Crippen LogP contribution in [0.3, 0.4) is 0 Å². The number of aryl methyl sites for hydroxylation is 1. The lowest BCUT2D eigenvalue weighted by Gasteiger charge is -2.23. The lowest BCUT2D eigenvalue weighted by Crippen LogP contribution is -2.34. The number of ether oxygens (including phenoxy) is 1. The number of para-hydroxylation sites is 1. The number of rotatable bonds is 5. The Balaban J connectivity index is 1.53. The molecule has 0 fully saturated rings. The number of fused-ring (bicyclic) bond motifs is 1. The second kappa shape index (κ2) is 7.61. The van der Waals surface area contributed by atoms with E-state index in [4.69, 9.17) is 9.26 Å². The number of nitrogens with zero attached hydrogens (tertiary/aromatic N) is 1. The standard InChI is InChI=1S/C17H17N3O5S/c1-9-7-14(20-25-9)19-16(22)10(2)24-15(21)8-13-17(23)18-11-5-3-4-6-12(11)26-13/h3-7,10,13H,8H2,1-2H3,(H,18,23)(H,19,20,22). The largest absolute Gasteiger partial charge is 0.452 e. The Morgan fingerprint density at radius 3 is 2.92 bits per heavy atom. The predicted molar refractivity (Wildman–Crippen MR) is 94.8 cm³/mol. The van der Waals surface area contributed by atoms with Crippen LogP contribution in [0.2, 0.25) is 0 Å². The van der Waals surface area contributed by atoms with Gasteiger partial charge in [-0.15, -0.1) is 11.8 Å². The maximum atomic E-state index is 12.1. The Labute approximate surface area is 153 Å². The number of aromatic nitrogens is 1. The monoisotopic (exact) mass is 375 g/mol. The average molecular weight is 375 g/mol. The summed E-state index contributed by atoms with van der Waals surface area (Å²) in [6, 6.07) is 8.90. The maximum Gasteiger partial charge on any atom is 0.308 e. The number of nitrogens with one attached hydrogen (secondary N) is 2.